The highest BCUT2D eigenvalue weighted by molar-refractivity contribution is 5.94. The van der Waals surface area contributed by atoms with Gasteiger partial charge in [0.25, 0.3) is 11.8 Å². The number of pyridine rings is 1. The minimum Gasteiger partial charge on any atom is -0.466 e. The first-order chi connectivity index (χ1) is 14.9. The molecule has 2 aromatic heterocycles. The number of aromatic nitrogens is 3. The Morgan fingerprint density at radius 2 is 1.87 bits per heavy atom. The molecular weight excluding hydrogens is 394 g/mol. The summed E-state index contributed by atoms with van der Waals surface area (Å²) in [5, 5.41) is 8.22. The Morgan fingerprint density at radius 1 is 1.16 bits per heavy atom. The summed E-state index contributed by atoms with van der Waals surface area (Å²) in [6.07, 6.45) is 1.44. The Kier molecular flexibility index (Phi) is 5.88. The molecule has 4 rings (SSSR count). The predicted molar refractivity (Wildman–Crippen MR) is 117 cm³/mol. The van der Waals surface area contributed by atoms with Crippen LogP contribution in [0.1, 0.15) is 34.5 Å². The van der Waals surface area contributed by atoms with E-state index < -0.39 is 0 Å². The summed E-state index contributed by atoms with van der Waals surface area (Å²) in [5.41, 5.74) is 3.36. The van der Waals surface area contributed by atoms with E-state index in [1.807, 2.05) is 62.2 Å². The Hall–Kier alpha value is -3.42. The average molecular weight is 422 g/mol. The number of aryl methyl sites for hydroxylation is 3. The monoisotopic (exact) mass is 421 g/mol. The molecule has 2 amide bonds. The Labute approximate surface area is 181 Å². The molecule has 0 bridgehead atoms. The summed E-state index contributed by atoms with van der Waals surface area (Å²) in [5.74, 6) is 0.264. The van der Waals surface area contributed by atoms with Crippen molar-refractivity contribution in [3.8, 4) is 5.88 Å². The SMILES string of the molecule is Cc1cc(C)c2c(OCC(=O)NC3CCN(C(=O)c4ccccc4)CC3)nn(C)c2n1. The van der Waals surface area contributed by atoms with Gasteiger partial charge in [-0.3, -0.25) is 9.59 Å². The van der Waals surface area contributed by atoms with Crippen molar-refractivity contribution >= 4 is 22.8 Å². The molecular formula is C23H27N5O3. The smallest absolute Gasteiger partial charge is 0.258 e. The molecule has 162 valence electrons. The van der Waals surface area contributed by atoms with Gasteiger partial charge in [0.15, 0.2) is 12.3 Å². The molecule has 3 heterocycles. The molecule has 1 N–H and O–H groups in total. The lowest BCUT2D eigenvalue weighted by Crippen LogP contribution is -2.47. The number of piperidine rings is 1. The maximum absolute atomic E-state index is 12.6. The van der Waals surface area contributed by atoms with E-state index in [4.69, 9.17) is 4.74 Å². The first-order valence-corrected chi connectivity index (χ1v) is 10.5. The molecule has 0 atom stereocenters. The van der Waals surface area contributed by atoms with Crippen molar-refractivity contribution in [2.45, 2.75) is 32.7 Å². The van der Waals surface area contributed by atoms with Crippen LogP contribution in [0.4, 0.5) is 0 Å². The Morgan fingerprint density at radius 3 is 2.58 bits per heavy atom. The molecule has 1 aliphatic rings. The van der Waals surface area contributed by atoms with Gasteiger partial charge in [-0.1, -0.05) is 18.2 Å². The van der Waals surface area contributed by atoms with Gasteiger partial charge in [-0.2, -0.15) is 0 Å². The standard InChI is InChI=1S/C23H27N5O3/c1-15-13-16(2)24-21-20(15)22(26-27(21)3)31-14-19(29)25-18-9-11-28(12-10-18)23(30)17-7-5-4-6-8-17/h4-8,13,18H,9-12,14H2,1-3H3,(H,25,29). The molecule has 8 nitrogen and oxygen atoms in total. The maximum Gasteiger partial charge on any atom is 0.258 e. The topological polar surface area (TPSA) is 89.4 Å². The fourth-order valence-electron chi connectivity index (χ4n) is 4.04. The summed E-state index contributed by atoms with van der Waals surface area (Å²) >= 11 is 0. The Balaban J connectivity index is 1.30. The summed E-state index contributed by atoms with van der Waals surface area (Å²) in [6, 6.07) is 11.3. The molecule has 1 aliphatic heterocycles. The number of carbonyl (C=O) groups is 2. The van der Waals surface area contributed by atoms with E-state index in [2.05, 4.69) is 15.4 Å². The number of amides is 2. The molecule has 0 saturated carbocycles. The van der Waals surface area contributed by atoms with Crippen molar-refractivity contribution in [3.63, 3.8) is 0 Å². The molecule has 3 aromatic rings. The van der Waals surface area contributed by atoms with Crippen LogP contribution in [0.15, 0.2) is 36.4 Å². The van der Waals surface area contributed by atoms with Gasteiger partial charge in [0.1, 0.15) is 0 Å². The highest BCUT2D eigenvalue weighted by atomic mass is 16.5. The third-order valence-electron chi connectivity index (χ3n) is 5.59. The van der Waals surface area contributed by atoms with Crippen LogP contribution in [-0.4, -0.2) is 57.2 Å². The summed E-state index contributed by atoms with van der Waals surface area (Å²) < 4.78 is 7.40. The first kappa shape index (κ1) is 20.8. The number of hydrogen-bond donors (Lipinski definition) is 1. The normalized spacial score (nSPS) is 14.6. The minimum atomic E-state index is -0.190. The van der Waals surface area contributed by atoms with Crippen LogP contribution in [0.5, 0.6) is 5.88 Å². The van der Waals surface area contributed by atoms with E-state index in [1.165, 1.54) is 0 Å². The lowest BCUT2D eigenvalue weighted by Gasteiger charge is -2.32. The zero-order valence-electron chi connectivity index (χ0n) is 18.1. The molecule has 31 heavy (non-hydrogen) atoms. The third kappa shape index (κ3) is 4.52. The highest BCUT2D eigenvalue weighted by Gasteiger charge is 2.25. The van der Waals surface area contributed by atoms with Crippen LogP contribution in [-0.2, 0) is 11.8 Å². The Bertz CT molecular complexity index is 1100. The zero-order valence-corrected chi connectivity index (χ0v) is 18.1. The van der Waals surface area contributed by atoms with Gasteiger partial charge in [-0.05, 0) is 50.5 Å². The number of nitrogens with zero attached hydrogens (tertiary/aromatic N) is 4. The lowest BCUT2D eigenvalue weighted by molar-refractivity contribution is -0.124. The fourth-order valence-corrected chi connectivity index (χ4v) is 4.04. The number of carbonyl (C=O) groups excluding carboxylic acids is 2. The largest absolute Gasteiger partial charge is 0.466 e. The number of fused-ring (bicyclic) bond motifs is 1. The molecule has 1 saturated heterocycles. The van der Waals surface area contributed by atoms with Crippen LogP contribution >= 0.6 is 0 Å². The zero-order chi connectivity index (χ0) is 22.0. The second kappa shape index (κ2) is 8.75. The van der Waals surface area contributed by atoms with Gasteiger partial charge in [0.05, 0.1) is 5.39 Å². The summed E-state index contributed by atoms with van der Waals surface area (Å²) in [4.78, 5) is 31.3. The number of ether oxygens (including phenoxy) is 1. The predicted octanol–water partition coefficient (Wildman–Crippen LogP) is 2.38. The number of rotatable bonds is 5. The lowest BCUT2D eigenvalue weighted by atomic mass is 10.0. The molecule has 0 unspecified atom stereocenters. The molecule has 1 fully saturated rings. The molecule has 0 aliphatic carbocycles. The van der Waals surface area contributed by atoms with Crippen LogP contribution in [0.3, 0.4) is 0 Å². The molecule has 1 aromatic carbocycles. The van der Waals surface area contributed by atoms with Crippen molar-refractivity contribution in [2.24, 2.45) is 7.05 Å². The third-order valence-corrected chi connectivity index (χ3v) is 5.59. The van der Waals surface area contributed by atoms with E-state index in [0.717, 1.165) is 35.1 Å². The van der Waals surface area contributed by atoms with Crippen molar-refractivity contribution in [1.82, 2.24) is 25.0 Å². The van der Waals surface area contributed by atoms with E-state index in [9.17, 15) is 9.59 Å². The van der Waals surface area contributed by atoms with Gasteiger partial charge in [-0.25, -0.2) is 9.67 Å². The molecule has 8 heteroatoms. The minimum absolute atomic E-state index is 0.0300. The maximum atomic E-state index is 12.6. The highest BCUT2D eigenvalue weighted by Crippen LogP contribution is 2.27. The number of nitrogens with one attached hydrogen (secondary N) is 1. The van der Waals surface area contributed by atoms with Gasteiger partial charge >= 0.3 is 0 Å². The van der Waals surface area contributed by atoms with E-state index in [0.29, 0.717) is 24.5 Å². The van der Waals surface area contributed by atoms with Crippen molar-refractivity contribution in [2.75, 3.05) is 19.7 Å². The van der Waals surface area contributed by atoms with Crippen molar-refractivity contribution in [1.29, 1.82) is 0 Å². The second-order valence-electron chi connectivity index (χ2n) is 8.00. The molecule has 0 radical (unpaired) electrons. The first-order valence-electron chi connectivity index (χ1n) is 10.5. The number of hydrogen-bond acceptors (Lipinski definition) is 5. The van der Waals surface area contributed by atoms with Crippen LogP contribution in [0.2, 0.25) is 0 Å². The summed E-state index contributed by atoms with van der Waals surface area (Å²) in [6.45, 7) is 5.05. The van der Waals surface area contributed by atoms with Crippen molar-refractivity contribution < 1.29 is 14.3 Å². The second-order valence-corrected chi connectivity index (χ2v) is 8.00. The van der Waals surface area contributed by atoms with Gasteiger partial charge < -0.3 is 15.0 Å². The van der Waals surface area contributed by atoms with E-state index >= 15 is 0 Å². The number of likely N-dealkylation sites (tertiary alicyclic amines) is 1. The average Bonchev–Trinajstić information content (AvgIpc) is 3.08. The fraction of sp³-hybridized carbons (Fsp3) is 0.391. The number of benzene rings is 1. The van der Waals surface area contributed by atoms with E-state index in [1.54, 1.807) is 4.68 Å². The van der Waals surface area contributed by atoms with Gasteiger partial charge in [0.2, 0.25) is 5.88 Å². The van der Waals surface area contributed by atoms with Crippen LogP contribution in [0.25, 0.3) is 11.0 Å². The van der Waals surface area contributed by atoms with Crippen LogP contribution < -0.4 is 10.1 Å². The summed E-state index contributed by atoms with van der Waals surface area (Å²) in [7, 11) is 1.81. The van der Waals surface area contributed by atoms with Gasteiger partial charge in [-0.15, -0.1) is 5.10 Å². The van der Waals surface area contributed by atoms with E-state index in [-0.39, 0.29) is 24.5 Å². The van der Waals surface area contributed by atoms with Crippen molar-refractivity contribution in [3.05, 3.63) is 53.2 Å². The van der Waals surface area contributed by atoms with Crippen LogP contribution in [0, 0.1) is 13.8 Å². The molecule has 0 spiro atoms. The quantitative estimate of drug-likeness (QED) is 0.683. The van der Waals surface area contributed by atoms with Gasteiger partial charge in [0, 0.05) is 37.4 Å².